The number of carbonyl (C=O) groups is 2. The first-order chi connectivity index (χ1) is 8.68. The standard InChI is InChI=1S/C13H21NO4/c15-12(10-7-4-8-18-10)14-11(13(16)17)9-5-2-1-3-6-9/h9-11H,1-8H2,(H,14,15)(H,16,17)/t10-,11?/m0/s1. The summed E-state index contributed by atoms with van der Waals surface area (Å²) in [6.45, 7) is 0.596. The van der Waals surface area contributed by atoms with Crippen molar-refractivity contribution in [1.29, 1.82) is 0 Å². The van der Waals surface area contributed by atoms with Crippen LogP contribution in [0.25, 0.3) is 0 Å². The van der Waals surface area contributed by atoms with Crippen molar-refractivity contribution in [3.8, 4) is 0 Å². The minimum atomic E-state index is -0.923. The lowest BCUT2D eigenvalue weighted by Crippen LogP contribution is -2.49. The fraction of sp³-hybridized carbons (Fsp3) is 0.846. The van der Waals surface area contributed by atoms with Gasteiger partial charge in [0, 0.05) is 6.61 Å². The maximum Gasteiger partial charge on any atom is 0.326 e. The molecule has 5 nitrogen and oxygen atoms in total. The minimum Gasteiger partial charge on any atom is -0.480 e. The number of ether oxygens (including phenoxy) is 1. The minimum absolute atomic E-state index is 0.0709. The van der Waals surface area contributed by atoms with Crippen molar-refractivity contribution in [3.63, 3.8) is 0 Å². The van der Waals surface area contributed by atoms with Gasteiger partial charge in [-0.3, -0.25) is 4.79 Å². The first-order valence-electron chi connectivity index (χ1n) is 6.83. The third kappa shape index (κ3) is 3.22. The van der Waals surface area contributed by atoms with E-state index in [2.05, 4.69) is 5.32 Å². The molecule has 0 spiro atoms. The molecule has 0 aromatic rings. The third-order valence-electron chi connectivity index (χ3n) is 3.91. The number of carboxylic acid groups (broad SMARTS) is 1. The molecular weight excluding hydrogens is 234 g/mol. The lowest BCUT2D eigenvalue weighted by atomic mass is 9.84. The highest BCUT2D eigenvalue weighted by Gasteiger charge is 2.33. The van der Waals surface area contributed by atoms with E-state index in [0.29, 0.717) is 13.0 Å². The largest absolute Gasteiger partial charge is 0.480 e. The van der Waals surface area contributed by atoms with Crippen molar-refractivity contribution in [2.24, 2.45) is 5.92 Å². The highest BCUT2D eigenvalue weighted by molar-refractivity contribution is 5.86. The lowest BCUT2D eigenvalue weighted by Gasteiger charge is -2.28. The fourth-order valence-corrected chi connectivity index (χ4v) is 2.88. The molecule has 1 aliphatic heterocycles. The van der Waals surface area contributed by atoms with Crippen LogP contribution < -0.4 is 5.32 Å². The Kier molecular flexibility index (Phi) is 4.58. The molecule has 1 unspecified atom stereocenters. The highest BCUT2D eigenvalue weighted by Crippen LogP contribution is 2.27. The van der Waals surface area contributed by atoms with Gasteiger partial charge in [-0.05, 0) is 31.6 Å². The Bertz CT molecular complexity index is 306. The van der Waals surface area contributed by atoms with Crippen LogP contribution in [-0.2, 0) is 14.3 Å². The van der Waals surface area contributed by atoms with Gasteiger partial charge in [-0.25, -0.2) is 4.79 Å². The van der Waals surface area contributed by atoms with E-state index in [9.17, 15) is 14.7 Å². The Morgan fingerprint density at radius 3 is 2.39 bits per heavy atom. The number of carboxylic acids is 1. The van der Waals surface area contributed by atoms with Gasteiger partial charge in [0.2, 0.25) is 5.91 Å². The van der Waals surface area contributed by atoms with Gasteiger partial charge in [0.15, 0.2) is 0 Å². The van der Waals surface area contributed by atoms with Gasteiger partial charge in [0.25, 0.3) is 0 Å². The molecule has 102 valence electrons. The zero-order valence-electron chi connectivity index (χ0n) is 10.6. The Hall–Kier alpha value is -1.10. The number of hydrogen-bond donors (Lipinski definition) is 2. The van der Waals surface area contributed by atoms with Gasteiger partial charge >= 0.3 is 5.97 Å². The van der Waals surface area contributed by atoms with Gasteiger partial charge in [-0.1, -0.05) is 19.3 Å². The molecule has 2 rings (SSSR count). The van der Waals surface area contributed by atoms with Gasteiger partial charge < -0.3 is 15.2 Å². The number of carbonyl (C=O) groups excluding carboxylic acids is 1. The molecule has 2 N–H and O–H groups in total. The molecule has 1 aliphatic carbocycles. The van der Waals surface area contributed by atoms with Crippen LogP contribution in [0.5, 0.6) is 0 Å². The second-order valence-corrected chi connectivity index (χ2v) is 5.22. The molecule has 0 aromatic carbocycles. The SMILES string of the molecule is O=C(O)C(NC(=O)[C@@H]1CCCO1)C1CCCCC1. The summed E-state index contributed by atoms with van der Waals surface area (Å²) in [5.74, 6) is -1.11. The number of aliphatic carboxylic acids is 1. The average Bonchev–Trinajstić information content (AvgIpc) is 2.90. The van der Waals surface area contributed by atoms with Gasteiger partial charge in [0.1, 0.15) is 12.1 Å². The van der Waals surface area contributed by atoms with E-state index in [1.54, 1.807) is 0 Å². The normalized spacial score (nSPS) is 26.8. The van der Waals surface area contributed by atoms with E-state index >= 15 is 0 Å². The molecular formula is C13H21NO4. The van der Waals surface area contributed by atoms with Crippen LogP contribution in [0.2, 0.25) is 0 Å². The number of amides is 1. The van der Waals surface area contributed by atoms with Gasteiger partial charge in [0.05, 0.1) is 0 Å². The molecule has 5 heteroatoms. The number of rotatable bonds is 4. The average molecular weight is 255 g/mol. The fourth-order valence-electron chi connectivity index (χ4n) is 2.88. The van der Waals surface area contributed by atoms with Crippen LogP contribution in [0, 0.1) is 5.92 Å². The predicted molar refractivity (Wildman–Crippen MR) is 65.1 cm³/mol. The van der Waals surface area contributed by atoms with E-state index in [1.807, 2.05) is 0 Å². The summed E-state index contributed by atoms with van der Waals surface area (Å²) in [5, 5.41) is 11.9. The summed E-state index contributed by atoms with van der Waals surface area (Å²) in [4.78, 5) is 23.2. The molecule has 0 radical (unpaired) electrons. The highest BCUT2D eigenvalue weighted by atomic mass is 16.5. The van der Waals surface area contributed by atoms with E-state index in [4.69, 9.17) is 4.74 Å². The van der Waals surface area contributed by atoms with Crippen LogP contribution in [-0.4, -0.2) is 35.7 Å². The summed E-state index contributed by atoms with van der Waals surface area (Å²) >= 11 is 0. The summed E-state index contributed by atoms with van der Waals surface area (Å²) < 4.78 is 5.28. The van der Waals surface area contributed by atoms with E-state index in [-0.39, 0.29) is 11.8 Å². The topological polar surface area (TPSA) is 75.6 Å². The molecule has 1 saturated heterocycles. The monoisotopic (exact) mass is 255 g/mol. The third-order valence-corrected chi connectivity index (χ3v) is 3.91. The Morgan fingerprint density at radius 2 is 1.83 bits per heavy atom. The van der Waals surface area contributed by atoms with Crippen molar-refractivity contribution < 1.29 is 19.4 Å². The van der Waals surface area contributed by atoms with Crippen LogP contribution in [0.1, 0.15) is 44.9 Å². The second kappa shape index (κ2) is 6.18. The lowest BCUT2D eigenvalue weighted by molar-refractivity contribution is -0.145. The van der Waals surface area contributed by atoms with Crippen molar-refractivity contribution in [1.82, 2.24) is 5.32 Å². The Balaban J connectivity index is 1.92. The molecule has 2 atom stereocenters. The van der Waals surface area contributed by atoms with Crippen molar-refractivity contribution in [3.05, 3.63) is 0 Å². The van der Waals surface area contributed by atoms with Crippen LogP contribution in [0.15, 0.2) is 0 Å². The molecule has 2 fully saturated rings. The first-order valence-corrected chi connectivity index (χ1v) is 6.83. The van der Waals surface area contributed by atoms with Crippen molar-refractivity contribution in [2.45, 2.75) is 57.1 Å². The van der Waals surface area contributed by atoms with Gasteiger partial charge in [-0.15, -0.1) is 0 Å². The summed E-state index contributed by atoms with van der Waals surface area (Å²) in [6.07, 6.45) is 6.19. The molecule has 1 heterocycles. The summed E-state index contributed by atoms with van der Waals surface area (Å²) in [7, 11) is 0. The summed E-state index contributed by atoms with van der Waals surface area (Å²) in [6, 6.07) is -0.748. The smallest absolute Gasteiger partial charge is 0.326 e. The maximum absolute atomic E-state index is 11.9. The van der Waals surface area contributed by atoms with Crippen molar-refractivity contribution >= 4 is 11.9 Å². The molecule has 0 bridgehead atoms. The molecule has 18 heavy (non-hydrogen) atoms. The number of hydrogen-bond acceptors (Lipinski definition) is 3. The van der Waals surface area contributed by atoms with E-state index in [0.717, 1.165) is 32.1 Å². The van der Waals surface area contributed by atoms with Gasteiger partial charge in [-0.2, -0.15) is 0 Å². The van der Waals surface area contributed by atoms with Crippen LogP contribution >= 0.6 is 0 Å². The summed E-state index contributed by atoms with van der Waals surface area (Å²) in [5.41, 5.74) is 0. The van der Waals surface area contributed by atoms with Crippen molar-refractivity contribution in [2.75, 3.05) is 6.61 Å². The quantitative estimate of drug-likeness (QED) is 0.794. The van der Waals surface area contributed by atoms with Crippen LogP contribution in [0.4, 0.5) is 0 Å². The Morgan fingerprint density at radius 1 is 1.11 bits per heavy atom. The van der Waals surface area contributed by atoms with E-state index in [1.165, 1.54) is 6.42 Å². The van der Waals surface area contributed by atoms with E-state index < -0.39 is 18.1 Å². The molecule has 2 aliphatic rings. The predicted octanol–water partition coefficient (Wildman–Crippen LogP) is 1.32. The number of nitrogens with one attached hydrogen (secondary N) is 1. The zero-order valence-corrected chi connectivity index (χ0v) is 10.6. The maximum atomic E-state index is 11.9. The first kappa shape index (κ1) is 13.3. The van der Waals surface area contributed by atoms with Crippen LogP contribution in [0.3, 0.4) is 0 Å². The Labute approximate surface area is 107 Å². The molecule has 1 saturated carbocycles. The zero-order chi connectivity index (χ0) is 13.0. The second-order valence-electron chi connectivity index (χ2n) is 5.22. The molecule has 1 amide bonds. The molecule has 0 aromatic heterocycles.